The van der Waals surface area contributed by atoms with E-state index in [-0.39, 0.29) is 0 Å². The van der Waals surface area contributed by atoms with Crippen molar-refractivity contribution in [2.45, 2.75) is 0 Å². The number of hydrogen-bond donors (Lipinski definition) is 0. The molecule has 0 saturated carbocycles. The minimum atomic E-state index is 0.897. The van der Waals surface area contributed by atoms with Gasteiger partial charge in [-0.3, -0.25) is 4.98 Å². The van der Waals surface area contributed by atoms with Crippen molar-refractivity contribution in [1.29, 1.82) is 0 Å². The van der Waals surface area contributed by atoms with Crippen LogP contribution in [0.5, 0.6) is 0 Å². The summed E-state index contributed by atoms with van der Waals surface area (Å²) in [5.41, 5.74) is 0.981. The maximum absolute atomic E-state index is 4.24. The van der Waals surface area contributed by atoms with Gasteiger partial charge in [0.15, 0.2) is 0 Å². The van der Waals surface area contributed by atoms with Crippen LogP contribution in [0.3, 0.4) is 0 Å². The number of fused-ring (bicyclic) bond motifs is 1. The molecule has 58 valence electrons. The standard InChI is InChI=1S/C11H9N/c1-8-7-12-11-6-4-3-5-10(11)9(8)2/h3-7H,1-2H2. The van der Waals surface area contributed by atoms with Gasteiger partial charge < -0.3 is 0 Å². The normalized spacial score (nSPS) is 10.3. The molecule has 0 saturated heterocycles. The monoisotopic (exact) mass is 155 g/mol. The molecule has 12 heavy (non-hydrogen) atoms. The lowest BCUT2D eigenvalue weighted by molar-refractivity contribution is 1.36. The van der Waals surface area contributed by atoms with Crippen molar-refractivity contribution in [1.82, 2.24) is 4.98 Å². The van der Waals surface area contributed by atoms with Crippen LogP contribution < -0.4 is 10.4 Å². The molecule has 0 aliphatic rings. The van der Waals surface area contributed by atoms with Crippen molar-refractivity contribution >= 4 is 24.1 Å². The van der Waals surface area contributed by atoms with Crippen molar-refractivity contribution in [3.63, 3.8) is 0 Å². The van der Waals surface area contributed by atoms with Crippen LogP contribution in [-0.4, -0.2) is 4.98 Å². The van der Waals surface area contributed by atoms with Crippen molar-refractivity contribution in [2.24, 2.45) is 0 Å². The molecule has 0 atom stereocenters. The maximum Gasteiger partial charge on any atom is 0.0708 e. The Balaban J connectivity index is 3.11. The average Bonchev–Trinajstić information content (AvgIpc) is 2.12. The molecule has 0 amide bonds. The Morgan fingerprint density at radius 3 is 2.67 bits per heavy atom. The second-order valence-corrected chi connectivity index (χ2v) is 2.78. The molecule has 0 bridgehead atoms. The van der Waals surface area contributed by atoms with Crippen molar-refractivity contribution in [3.8, 4) is 0 Å². The van der Waals surface area contributed by atoms with Gasteiger partial charge in [-0.2, -0.15) is 0 Å². The van der Waals surface area contributed by atoms with E-state index in [1.807, 2.05) is 24.3 Å². The van der Waals surface area contributed by atoms with E-state index in [1.165, 1.54) is 0 Å². The molecule has 0 N–H and O–H groups in total. The lowest BCUT2D eigenvalue weighted by atomic mass is 10.2. The van der Waals surface area contributed by atoms with E-state index >= 15 is 0 Å². The van der Waals surface area contributed by atoms with Crippen LogP contribution in [0.15, 0.2) is 30.5 Å². The Bertz CT molecular complexity index is 514. The first-order valence-corrected chi connectivity index (χ1v) is 3.80. The highest BCUT2D eigenvalue weighted by Gasteiger charge is 1.92. The fraction of sp³-hybridized carbons (Fsp3) is 0. The van der Waals surface area contributed by atoms with E-state index in [1.54, 1.807) is 6.20 Å². The zero-order chi connectivity index (χ0) is 8.55. The van der Waals surface area contributed by atoms with Gasteiger partial charge in [-0.05, 0) is 16.5 Å². The van der Waals surface area contributed by atoms with Crippen LogP contribution in [0.4, 0.5) is 0 Å². The summed E-state index contributed by atoms with van der Waals surface area (Å²) in [4.78, 5) is 4.24. The van der Waals surface area contributed by atoms with Crippen molar-refractivity contribution < 1.29 is 0 Å². The topological polar surface area (TPSA) is 12.9 Å². The first-order chi connectivity index (χ1) is 5.79. The van der Waals surface area contributed by atoms with Crippen molar-refractivity contribution in [3.05, 3.63) is 40.9 Å². The molecular formula is C11H9N. The summed E-state index contributed by atoms with van der Waals surface area (Å²) in [5, 5.41) is 2.96. The molecule has 1 nitrogen and oxygen atoms in total. The lowest BCUT2D eigenvalue weighted by Gasteiger charge is -1.95. The molecule has 2 rings (SSSR count). The van der Waals surface area contributed by atoms with Gasteiger partial charge in [-0.1, -0.05) is 31.4 Å². The number of pyridine rings is 1. The number of para-hydroxylation sites is 1. The van der Waals surface area contributed by atoms with Crippen LogP contribution in [-0.2, 0) is 0 Å². The molecule has 0 aliphatic heterocycles. The minimum Gasteiger partial charge on any atom is -0.256 e. The Kier molecular flexibility index (Phi) is 1.44. The third-order valence-electron chi connectivity index (χ3n) is 1.98. The summed E-state index contributed by atoms with van der Waals surface area (Å²) < 4.78 is 0. The van der Waals surface area contributed by atoms with E-state index in [9.17, 15) is 0 Å². The van der Waals surface area contributed by atoms with Gasteiger partial charge >= 0.3 is 0 Å². The zero-order valence-electron chi connectivity index (χ0n) is 6.75. The number of hydrogen-bond acceptors (Lipinski definition) is 1. The van der Waals surface area contributed by atoms with Gasteiger partial charge in [-0.25, -0.2) is 0 Å². The second kappa shape index (κ2) is 2.45. The highest BCUT2D eigenvalue weighted by atomic mass is 14.6. The lowest BCUT2D eigenvalue weighted by Crippen LogP contribution is -2.22. The average molecular weight is 155 g/mol. The highest BCUT2D eigenvalue weighted by molar-refractivity contribution is 5.78. The number of nitrogens with zero attached hydrogens (tertiary/aromatic N) is 1. The van der Waals surface area contributed by atoms with Crippen LogP contribution >= 0.6 is 0 Å². The Morgan fingerprint density at radius 1 is 1.08 bits per heavy atom. The van der Waals surface area contributed by atoms with E-state index in [0.717, 1.165) is 21.3 Å². The molecule has 2 aromatic rings. The van der Waals surface area contributed by atoms with Gasteiger partial charge in [0.2, 0.25) is 0 Å². The number of aromatic nitrogens is 1. The number of rotatable bonds is 0. The van der Waals surface area contributed by atoms with Gasteiger partial charge in [0.25, 0.3) is 0 Å². The van der Waals surface area contributed by atoms with E-state index < -0.39 is 0 Å². The molecule has 1 aromatic heterocycles. The Morgan fingerprint density at radius 2 is 1.83 bits per heavy atom. The summed E-state index contributed by atoms with van der Waals surface area (Å²) in [6, 6.07) is 7.94. The molecule has 0 radical (unpaired) electrons. The Hall–Kier alpha value is -1.63. The summed E-state index contributed by atoms with van der Waals surface area (Å²) in [5.74, 6) is 0. The molecule has 1 aromatic carbocycles. The molecule has 1 heterocycles. The first kappa shape index (κ1) is 7.04. The maximum atomic E-state index is 4.24. The van der Waals surface area contributed by atoms with Crippen LogP contribution in [0.25, 0.3) is 24.1 Å². The van der Waals surface area contributed by atoms with E-state index in [0.29, 0.717) is 0 Å². The van der Waals surface area contributed by atoms with Gasteiger partial charge in [-0.15, -0.1) is 0 Å². The molecular weight excluding hydrogens is 146 g/mol. The molecule has 0 spiro atoms. The zero-order valence-corrected chi connectivity index (χ0v) is 6.75. The predicted molar refractivity (Wildman–Crippen MR) is 52.0 cm³/mol. The van der Waals surface area contributed by atoms with Gasteiger partial charge in [0, 0.05) is 11.6 Å². The van der Waals surface area contributed by atoms with Crippen molar-refractivity contribution in [2.75, 3.05) is 0 Å². The van der Waals surface area contributed by atoms with E-state index in [4.69, 9.17) is 0 Å². The quantitative estimate of drug-likeness (QED) is 0.554. The third kappa shape index (κ3) is 0.909. The summed E-state index contributed by atoms with van der Waals surface area (Å²) >= 11 is 0. The fourth-order valence-electron chi connectivity index (χ4n) is 1.24. The van der Waals surface area contributed by atoms with Gasteiger partial charge in [0.1, 0.15) is 0 Å². The first-order valence-electron chi connectivity index (χ1n) is 3.80. The largest absolute Gasteiger partial charge is 0.256 e. The smallest absolute Gasteiger partial charge is 0.0708 e. The SMILES string of the molecule is C=c1cnc2ccccc2c1=C. The van der Waals surface area contributed by atoms with E-state index in [2.05, 4.69) is 18.1 Å². The minimum absolute atomic E-state index is 0.897. The number of benzene rings is 1. The molecule has 1 heteroatoms. The van der Waals surface area contributed by atoms with Crippen LogP contribution in [0.2, 0.25) is 0 Å². The molecule has 0 aliphatic carbocycles. The third-order valence-corrected chi connectivity index (χ3v) is 1.98. The predicted octanol–water partition coefficient (Wildman–Crippen LogP) is 1.06. The molecule has 0 fully saturated rings. The Labute approximate surface area is 70.7 Å². The summed E-state index contributed by atoms with van der Waals surface area (Å²) in [6.45, 7) is 7.79. The fourth-order valence-corrected chi connectivity index (χ4v) is 1.24. The van der Waals surface area contributed by atoms with Crippen LogP contribution in [0, 0.1) is 0 Å². The molecule has 0 unspecified atom stereocenters. The van der Waals surface area contributed by atoms with Crippen LogP contribution in [0.1, 0.15) is 0 Å². The van der Waals surface area contributed by atoms with Gasteiger partial charge in [0.05, 0.1) is 5.52 Å². The summed E-state index contributed by atoms with van der Waals surface area (Å²) in [6.07, 6.45) is 1.75. The highest BCUT2D eigenvalue weighted by Crippen LogP contribution is 2.02. The second-order valence-electron chi connectivity index (χ2n) is 2.78. The summed E-state index contributed by atoms with van der Waals surface area (Å²) in [7, 11) is 0.